The quantitative estimate of drug-likeness (QED) is 0.855. The van der Waals surface area contributed by atoms with E-state index in [1.54, 1.807) is 0 Å². The van der Waals surface area contributed by atoms with Crippen molar-refractivity contribution >= 4 is 5.91 Å². The van der Waals surface area contributed by atoms with Crippen molar-refractivity contribution in [3.63, 3.8) is 0 Å². The number of piperidine rings is 3. The minimum Gasteiger partial charge on any atom is -0.342 e. The Morgan fingerprint density at radius 2 is 1.71 bits per heavy atom. The van der Waals surface area contributed by atoms with Gasteiger partial charge in [-0.15, -0.1) is 0 Å². The maximum atomic E-state index is 13.0. The molecule has 1 amide bonds. The molecule has 28 heavy (non-hydrogen) atoms. The van der Waals surface area contributed by atoms with Gasteiger partial charge in [0.25, 0.3) is 0 Å². The molecule has 4 rings (SSSR count). The summed E-state index contributed by atoms with van der Waals surface area (Å²) in [5.74, 6) is 0.574. The van der Waals surface area contributed by atoms with E-state index >= 15 is 0 Å². The summed E-state index contributed by atoms with van der Waals surface area (Å²) in [4.78, 5) is 24.3. The van der Waals surface area contributed by atoms with Crippen LogP contribution in [0.15, 0.2) is 24.5 Å². The van der Waals surface area contributed by atoms with E-state index in [1.807, 2.05) is 12.4 Å². The number of rotatable bonds is 4. The predicted molar refractivity (Wildman–Crippen MR) is 111 cm³/mol. The minimum atomic E-state index is 0.193. The topological polar surface area (TPSA) is 65.7 Å². The fourth-order valence-corrected chi connectivity index (χ4v) is 5.11. The highest BCUT2D eigenvalue weighted by Crippen LogP contribution is 2.26. The summed E-state index contributed by atoms with van der Waals surface area (Å²) < 4.78 is 0. The second kappa shape index (κ2) is 9.33. The van der Waals surface area contributed by atoms with Crippen LogP contribution in [0.1, 0.15) is 44.1 Å². The highest BCUT2D eigenvalue weighted by molar-refractivity contribution is 5.79. The van der Waals surface area contributed by atoms with Gasteiger partial charge >= 0.3 is 0 Å². The van der Waals surface area contributed by atoms with Crippen LogP contribution in [0.2, 0.25) is 0 Å². The van der Waals surface area contributed by atoms with Gasteiger partial charge in [0, 0.05) is 50.7 Å². The summed E-state index contributed by atoms with van der Waals surface area (Å²) in [6.07, 6.45) is 10.3. The van der Waals surface area contributed by atoms with Crippen molar-refractivity contribution in [3.8, 4) is 0 Å². The maximum Gasteiger partial charge on any atom is 0.226 e. The Kier molecular flexibility index (Phi) is 6.60. The SMILES string of the molecule is NC1CCN(C(=O)C2CCCN(C3CCN(Cc4ccncc4)CC3)C2)CC1. The van der Waals surface area contributed by atoms with Crippen molar-refractivity contribution in [2.24, 2.45) is 11.7 Å². The molecule has 3 fully saturated rings. The summed E-state index contributed by atoms with van der Waals surface area (Å²) in [5, 5.41) is 0. The molecule has 0 spiro atoms. The second-order valence-electron chi connectivity index (χ2n) is 8.86. The van der Waals surface area contributed by atoms with E-state index in [1.165, 1.54) is 18.4 Å². The Balaban J connectivity index is 1.25. The molecule has 0 saturated carbocycles. The number of amides is 1. The van der Waals surface area contributed by atoms with Crippen LogP contribution >= 0.6 is 0 Å². The van der Waals surface area contributed by atoms with E-state index in [0.29, 0.717) is 11.9 Å². The van der Waals surface area contributed by atoms with Gasteiger partial charge in [-0.2, -0.15) is 0 Å². The van der Waals surface area contributed by atoms with Gasteiger partial charge in [-0.3, -0.25) is 19.6 Å². The van der Waals surface area contributed by atoms with Gasteiger partial charge in [0.15, 0.2) is 0 Å². The number of carbonyl (C=O) groups excluding carboxylic acids is 1. The van der Waals surface area contributed by atoms with E-state index in [0.717, 1.165) is 71.5 Å². The molecular weight excluding hydrogens is 350 g/mol. The number of nitrogens with zero attached hydrogens (tertiary/aromatic N) is 4. The van der Waals surface area contributed by atoms with Crippen LogP contribution in [0.3, 0.4) is 0 Å². The Labute approximate surface area is 169 Å². The number of carbonyl (C=O) groups is 1. The van der Waals surface area contributed by atoms with Crippen molar-refractivity contribution in [2.45, 2.75) is 57.2 Å². The molecule has 154 valence electrons. The normalized spacial score (nSPS) is 26.5. The summed E-state index contributed by atoms with van der Waals surface area (Å²) in [6.45, 7) is 7.12. The van der Waals surface area contributed by atoms with Crippen LogP contribution in [0, 0.1) is 5.92 Å². The molecule has 3 saturated heterocycles. The zero-order valence-electron chi connectivity index (χ0n) is 17.0. The summed E-state index contributed by atoms with van der Waals surface area (Å²) in [7, 11) is 0. The first kappa shape index (κ1) is 19.8. The molecule has 3 aliphatic rings. The van der Waals surface area contributed by atoms with Crippen LogP contribution in [0.5, 0.6) is 0 Å². The lowest BCUT2D eigenvalue weighted by atomic mass is 9.92. The highest BCUT2D eigenvalue weighted by atomic mass is 16.2. The smallest absolute Gasteiger partial charge is 0.226 e. The zero-order valence-corrected chi connectivity index (χ0v) is 17.0. The average Bonchev–Trinajstić information content (AvgIpc) is 2.75. The first-order chi connectivity index (χ1) is 13.7. The molecule has 6 heteroatoms. The molecule has 1 aromatic heterocycles. The molecule has 0 aliphatic carbocycles. The lowest BCUT2D eigenvalue weighted by molar-refractivity contribution is -0.138. The van der Waals surface area contributed by atoms with Gasteiger partial charge in [0.2, 0.25) is 5.91 Å². The van der Waals surface area contributed by atoms with Gasteiger partial charge in [0.1, 0.15) is 0 Å². The van der Waals surface area contributed by atoms with Gasteiger partial charge in [-0.1, -0.05) is 0 Å². The maximum absolute atomic E-state index is 13.0. The van der Waals surface area contributed by atoms with Crippen LogP contribution in [0.25, 0.3) is 0 Å². The van der Waals surface area contributed by atoms with Gasteiger partial charge in [-0.05, 0) is 75.9 Å². The highest BCUT2D eigenvalue weighted by Gasteiger charge is 2.34. The number of hydrogen-bond acceptors (Lipinski definition) is 5. The standard InChI is InChI=1S/C22H35N5O/c23-20-5-14-26(15-6-20)22(28)19-2-1-11-27(17-19)21-7-12-25(13-8-21)16-18-3-9-24-10-4-18/h3-4,9-10,19-21H,1-2,5-8,11-17,23H2. The molecule has 0 aromatic carbocycles. The van der Waals surface area contributed by atoms with Gasteiger partial charge in [-0.25, -0.2) is 0 Å². The van der Waals surface area contributed by atoms with E-state index in [2.05, 4.69) is 31.8 Å². The monoisotopic (exact) mass is 385 g/mol. The third-order valence-corrected chi connectivity index (χ3v) is 6.88. The molecule has 1 aromatic rings. The van der Waals surface area contributed by atoms with Crippen molar-refractivity contribution in [3.05, 3.63) is 30.1 Å². The Hall–Kier alpha value is -1.50. The fourth-order valence-electron chi connectivity index (χ4n) is 5.11. The van der Waals surface area contributed by atoms with Gasteiger partial charge < -0.3 is 10.6 Å². The van der Waals surface area contributed by atoms with Crippen LogP contribution in [0.4, 0.5) is 0 Å². The molecule has 4 heterocycles. The van der Waals surface area contributed by atoms with Crippen LogP contribution < -0.4 is 5.73 Å². The van der Waals surface area contributed by atoms with E-state index in [-0.39, 0.29) is 12.0 Å². The molecule has 1 atom stereocenters. The second-order valence-corrected chi connectivity index (χ2v) is 8.86. The number of hydrogen-bond donors (Lipinski definition) is 1. The van der Waals surface area contributed by atoms with Gasteiger partial charge in [0.05, 0.1) is 5.92 Å². The fraction of sp³-hybridized carbons (Fsp3) is 0.727. The molecule has 3 aliphatic heterocycles. The molecule has 0 bridgehead atoms. The molecular formula is C22H35N5O. The minimum absolute atomic E-state index is 0.193. The average molecular weight is 386 g/mol. The summed E-state index contributed by atoms with van der Waals surface area (Å²) in [5.41, 5.74) is 7.35. The van der Waals surface area contributed by atoms with E-state index in [9.17, 15) is 4.79 Å². The van der Waals surface area contributed by atoms with Crippen molar-refractivity contribution in [1.29, 1.82) is 0 Å². The molecule has 1 unspecified atom stereocenters. The molecule has 6 nitrogen and oxygen atoms in total. The van der Waals surface area contributed by atoms with Crippen LogP contribution in [-0.2, 0) is 11.3 Å². The van der Waals surface area contributed by atoms with Crippen molar-refractivity contribution in [2.75, 3.05) is 39.3 Å². The first-order valence-corrected chi connectivity index (χ1v) is 11.1. The lowest BCUT2D eigenvalue weighted by Gasteiger charge is -2.43. The van der Waals surface area contributed by atoms with Crippen LogP contribution in [-0.4, -0.2) is 76.9 Å². The zero-order chi connectivity index (χ0) is 19.3. The Morgan fingerprint density at radius 1 is 1.00 bits per heavy atom. The lowest BCUT2D eigenvalue weighted by Crippen LogP contribution is -2.52. The predicted octanol–water partition coefficient (Wildman–Crippen LogP) is 1.71. The Morgan fingerprint density at radius 3 is 2.43 bits per heavy atom. The molecule has 0 radical (unpaired) electrons. The first-order valence-electron chi connectivity index (χ1n) is 11.1. The Bertz CT molecular complexity index is 623. The van der Waals surface area contributed by atoms with Crippen molar-refractivity contribution < 1.29 is 4.79 Å². The largest absolute Gasteiger partial charge is 0.342 e. The number of pyridine rings is 1. The number of likely N-dealkylation sites (tertiary alicyclic amines) is 3. The summed E-state index contributed by atoms with van der Waals surface area (Å²) >= 11 is 0. The number of aromatic nitrogens is 1. The summed E-state index contributed by atoms with van der Waals surface area (Å²) in [6, 6.07) is 5.14. The van der Waals surface area contributed by atoms with E-state index in [4.69, 9.17) is 5.73 Å². The number of nitrogens with two attached hydrogens (primary N) is 1. The van der Waals surface area contributed by atoms with E-state index < -0.39 is 0 Å². The third-order valence-electron chi connectivity index (χ3n) is 6.88. The third kappa shape index (κ3) is 4.91. The molecule has 2 N–H and O–H groups in total. The van der Waals surface area contributed by atoms with Crippen molar-refractivity contribution in [1.82, 2.24) is 19.7 Å².